The van der Waals surface area contributed by atoms with Gasteiger partial charge in [-0.2, -0.15) is 0 Å². The molecule has 2 aliphatic rings. The van der Waals surface area contributed by atoms with E-state index < -0.39 is 0 Å². The highest BCUT2D eigenvalue weighted by molar-refractivity contribution is 5.77. The molecule has 0 atom stereocenters. The minimum Gasteiger partial charge on any atom is -0.379 e. The number of hydrogen-bond acceptors (Lipinski definition) is 4. The van der Waals surface area contributed by atoms with Gasteiger partial charge in [0.15, 0.2) is 0 Å². The molecule has 0 unspecified atom stereocenters. The zero-order valence-corrected chi connectivity index (χ0v) is 15.0. The molecule has 0 spiro atoms. The van der Waals surface area contributed by atoms with Crippen molar-refractivity contribution >= 4 is 11.0 Å². The van der Waals surface area contributed by atoms with E-state index >= 15 is 0 Å². The third-order valence-corrected chi connectivity index (χ3v) is 5.54. The second-order valence-electron chi connectivity index (χ2n) is 7.23. The van der Waals surface area contributed by atoms with Crippen LogP contribution in [-0.4, -0.2) is 60.0 Å². The van der Waals surface area contributed by atoms with E-state index in [0.29, 0.717) is 6.04 Å². The smallest absolute Gasteiger partial charge is 0.329 e. The van der Waals surface area contributed by atoms with Crippen LogP contribution in [0.1, 0.15) is 24.4 Å². The summed E-state index contributed by atoms with van der Waals surface area (Å²) in [6.45, 7) is 9.24. The van der Waals surface area contributed by atoms with Gasteiger partial charge in [-0.1, -0.05) is 6.07 Å². The molecular formula is C19H28N4O2. The van der Waals surface area contributed by atoms with Gasteiger partial charge < -0.3 is 10.1 Å². The number of aromatic nitrogens is 2. The van der Waals surface area contributed by atoms with E-state index in [9.17, 15) is 4.79 Å². The molecule has 6 heteroatoms. The average Bonchev–Trinajstić information content (AvgIpc) is 2.92. The van der Waals surface area contributed by atoms with Gasteiger partial charge in [0.05, 0.1) is 24.2 Å². The Bertz CT molecular complexity index is 783. The maximum absolute atomic E-state index is 13.2. The predicted molar refractivity (Wildman–Crippen MR) is 99.3 cm³/mol. The van der Waals surface area contributed by atoms with Crippen LogP contribution in [0.3, 0.4) is 0 Å². The van der Waals surface area contributed by atoms with Crippen LogP contribution in [0.15, 0.2) is 23.0 Å². The number of hydrogen-bond donors (Lipinski definition) is 1. The van der Waals surface area contributed by atoms with E-state index in [0.717, 1.165) is 76.4 Å². The van der Waals surface area contributed by atoms with Crippen molar-refractivity contribution in [3.63, 3.8) is 0 Å². The molecule has 0 radical (unpaired) electrons. The highest BCUT2D eigenvalue weighted by Crippen LogP contribution is 2.24. The molecule has 0 saturated carbocycles. The Morgan fingerprint density at radius 1 is 1.12 bits per heavy atom. The van der Waals surface area contributed by atoms with E-state index in [4.69, 9.17) is 4.74 Å². The Hall–Kier alpha value is -1.63. The van der Waals surface area contributed by atoms with Crippen LogP contribution in [0.2, 0.25) is 0 Å². The van der Waals surface area contributed by atoms with Crippen LogP contribution in [0, 0.1) is 6.92 Å². The number of rotatable bonds is 4. The van der Waals surface area contributed by atoms with Gasteiger partial charge in [-0.15, -0.1) is 0 Å². The maximum Gasteiger partial charge on any atom is 0.329 e. The lowest BCUT2D eigenvalue weighted by atomic mass is 10.1. The first-order valence-electron chi connectivity index (χ1n) is 9.46. The monoisotopic (exact) mass is 344 g/mol. The number of piperidine rings is 1. The lowest BCUT2D eigenvalue weighted by molar-refractivity contribution is 0.0364. The second-order valence-corrected chi connectivity index (χ2v) is 7.23. The van der Waals surface area contributed by atoms with Crippen molar-refractivity contribution < 1.29 is 4.74 Å². The third kappa shape index (κ3) is 3.38. The van der Waals surface area contributed by atoms with Gasteiger partial charge in [0, 0.05) is 32.2 Å². The van der Waals surface area contributed by atoms with Gasteiger partial charge in [0.2, 0.25) is 0 Å². The van der Waals surface area contributed by atoms with Crippen molar-refractivity contribution in [2.24, 2.45) is 0 Å². The van der Waals surface area contributed by atoms with Crippen LogP contribution in [-0.2, 0) is 11.3 Å². The summed E-state index contributed by atoms with van der Waals surface area (Å²) in [6.07, 6.45) is 2.05. The first-order chi connectivity index (χ1) is 12.2. The largest absolute Gasteiger partial charge is 0.379 e. The van der Waals surface area contributed by atoms with Gasteiger partial charge in [-0.05, 0) is 50.6 Å². The highest BCUT2D eigenvalue weighted by atomic mass is 16.5. The first kappa shape index (κ1) is 16.8. The summed E-state index contributed by atoms with van der Waals surface area (Å²) in [4.78, 5) is 15.6. The highest BCUT2D eigenvalue weighted by Gasteiger charge is 2.22. The quantitative estimate of drug-likeness (QED) is 0.910. The molecule has 2 fully saturated rings. The van der Waals surface area contributed by atoms with Gasteiger partial charge in [0.1, 0.15) is 0 Å². The number of aryl methyl sites for hydroxylation is 1. The summed E-state index contributed by atoms with van der Waals surface area (Å²) < 4.78 is 9.46. The normalized spacial score (nSPS) is 20.4. The van der Waals surface area contributed by atoms with Crippen LogP contribution in [0.5, 0.6) is 0 Å². The fraction of sp³-hybridized carbons (Fsp3) is 0.632. The van der Waals surface area contributed by atoms with Gasteiger partial charge in [-0.25, -0.2) is 4.79 Å². The molecule has 0 amide bonds. The van der Waals surface area contributed by atoms with E-state index in [-0.39, 0.29) is 5.69 Å². The zero-order chi connectivity index (χ0) is 17.2. The molecule has 0 aliphatic carbocycles. The number of fused-ring (bicyclic) bond motifs is 1. The molecule has 4 rings (SSSR count). The van der Waals surface area contributed by atoms with Gasteiger partial charge in [-0.3, -0.25) is 14.0 Å². The molecule has 1 aromatic heterocycles. The van der Waals surface area contributed by atoms with Crippen LogP contribution in [0.4, 0.5) is 0 Å². The summed E-state index contributed by atoms with van der Waals surface area (Å²) >= 11 is 0. The predicted octanol–water partition coefficient (Wildman–Crippen LogP) is 1.37. The van der Waals surface area contributed by atoms with Crippen LogP contribution in [0.25, 0.3) is 11.0 Å². The van der Waals surface area contributed by atoms with Crippen molar-refractivity contribution in [2.45, 2.75) is 32.4 Å². The standard InChI is InChI=1S/C19H28N4O2/c1-15-2-3-17-18(14-15)22(9-8-21-10-12-25-13-11-21)19(24)23(17)16-4-6-20-7-5-16/h2-3,14,16,20H,4-13H2,1H3. The number of imidazole rings is 1. The van der Waals surface area contributed by atoms with Crippen molar-refractivity contribution in [1.29, 1.82) is 0 Å². The summed E-state index contributed by atoms with van der Waals surface area (Å²) in [7, 11) is 0. The second kappa shape index (κ2) is 7.32. The molecule has 1 aromatic carbocycles. The number of benzene rings is 1. The SMILES string of the molecule is Cc1ccc2c(c1)n(CCN1CCOCC1)c(=O)n2C1CCNCC1. The van der Waals surface area contributed by atoms with Crippen LogP contribution >= 0.6 is 0 Å². The van der Waals surface area contributed by atoms with E-state index in [1.54, 1.807) is 0 Å². The Morgan fingerprint density at radius 2 is 1.88 bits per heavy atom. The molecule has 25 heavy (non-hydrogen) atoms. The minimum atomic E-state index is 0.153. The molecule has 2 aliphatic heterocycles. The Kier molecular flexibility index (Phi) is 4.92. The Labute approximate surface area is 148 Å². The number of nitrogens with zero attached hydrogens (tertiary/aromatic N) is 3. The zero-order valence-electron chi connectivity index (χ0n) is 15.0. The van der Waals surface area contributed by atoms with Gasteiger partial charge in [0.25, 0.3) is 0 Å². The molecule has 3 heterocycles. The van der Waals surface area contributed by atoms with Gasteiger partial charge >= 0.3 is 5.69 Å². The van der Waals surface area contributed by atoms with E-state index in [2.05, 4.69) is 39.9 Å². The van der Waals surface area contributed by atoms with E-state index in [1.165, 1.54) is 5.56 Å². The molecule has 136 valence electrons. The molecule has 6 nitrogen and oxygen atoms in total. The summed E-state index contributed by atoms with van der Waals surface area (Å²) in [5.41, 5.74) is 3.53. The number of nitrogens with one attached hydrogen (secondary N) is 1. The number of morpholine rings is 1. The summed E-state index contributed by atoms with van der Waals surface area (Å²) in [5, 5.41) is 3.40. The fourth-order valence-electron chi connectivity index (χ4n) is 4.09. The van der Waals surface area contributed by atoms with Crippen molar-refractivity contribution in [2.75, 3.05) is 45.9 Å². The molecule has 2 aromatic rings. The Morgan fingerprint density at radius 3 is 2.64 bits per heavy atom. The molecular weight excluding hydrogens is 316 g/mol. The minimum absolute atomic E-state index is 0.153. The lowest BCUT2D eigenvalue weighted by Gasteiger charge is -2.26. The van der Waals surface area contributed by atoms with Crippen LogP contribution < -0.4 is 11.0 Å². The summed E-state index contributed by atoms with van der Waals surface area (Å²) in [6, 6.07) is 6.71. The Balaban J connectivity index is 1.68. The van der Waals surface area contributed by atoms with Crippen molar-refractivity contribution in [1.82, 2.24) is 19.4 Å². The average molecular weight is 344 g/mol. The van der Waals surface area contributed by atoms with Crippen molar-refractivity contribution in [3.05, 3.63) is 34.2 Å². The van der Waals surface area contributed by atoms with Crippen molar-refractivity contribution in [3.8, 4) is 0 Å². The number of ether oxygens (including phenoxy) is 1. The lowest BCUT2D eigenvalue weighted by Crippen LogP contribution is -2.40. The first-order valence-corrected chi connectivity index (χ1v) is 9.46. The molecule has 0 bridgehead atoms. The molecule has 1 N–H and O–H groups in total. The molecule has 2 saturated heterocycles. The summed E-state index contributed by atoms with van der Waals surface area (Å²) in [5.74, 6) is 0. The third-order valence-electron chi connectivity index (χ3n) is 5.54. The topological polar surface area (TPSA) is 51.4 Å². The maximum atomic E-state index is 13.2. The fourth-order valence-corrected chi connectivity index (χ4v) is 4.09. The van der Waals surface area contributed by atoms with E-state index in [1.807, 2.05) is 4.57 Å².